The minimum absolute atomic E-state index is 0.0199. The molecule has 4 rings (SSSR count). The van der Waals surface area contributed by atoms with E-state index in [2.05, 4.69) is 24.4 Å². The maximum atomic E-state index is 13.1. The Morgan fingerprint density at radius 1 is 1.03 bits per heavy atom. The first-order valence-electron chi connectivity index (χ1n) is 12.8. The van der Waals surface area contributed by atoms with Gasteiger partial charge in [-0.3, -0.25) is 10.2 Å². The fourth-order valence-corrected chi connectivity index (χ4v) is 4.40. The highest BCUT2D eigenvalue weighted by atomic mass is 35.5. The van der Waals surface area contributed by atoms with Crippen LogP contribution in [0, 0.1) is 6.92 Å². The third-order valence-electron chi connectivity index (χ3n) is 6.25. The average molecular weight is 544 g/mol. The summed E-state index contributed by atoms with van der Waals surface area (Å²) in [6, 6.07) is 12.3. The number of piperidine rings is 1. The molecule has 6 nitrogen and oxygen atoms in total. The number of nitrogens with zero attached hydrogens (tertiary/aromatic N) is 3. The molecule has 1 fully saturated rings. The van der Waals surface area contributed by atoms with Gasteiger partial charge in [0.15, 0.2) is 5.69 Å². The molecule has 1 aliphatic heterocycles. The standard InChI is InChI=1S/C25H26Cl2N4O2.C4H10/c1-16(14-18-6-8-19(26)9-7-18)24-17(2)23(25(33)29-30-12-4-3-5-13-30)28-31(24)21-11-10-20(27)15-22(21)32;1-3-4-2/h6-11,14-15,32H,3-5,12-13H2,1-2H3,(H,29,33);3-4H2,1-2H3/b16-14+;. The van der Waals surface area contributed by atoms with E-state index in [0.29, 0.717) is 21.4 Å². The van der Waals surface area contributed by atoms with Gasteiger partial charge in [0, 0.05) is 34.8 Å². The molecule has 1 amide bonds. The number of hydrazine groups is 1. The zero-order chi connectivity index (χ0) is 26.9. The third-order valence-corrected chi connectivity index (χ3v) is 6.73. The first-order chi connectivity index (χ1) is 17.7. The lowest BCUT2D eigenvalue weighted by atomic mass is 10.0. The van der Waals surface area contributed by atoms with Crippen molar-refractivity contribution in [1.82, 2.24) is 20.2 Å². The van der Waals surface area contributed by atoms with E-state index in [1.54, 1.807) is 16.8 Å². The van der Waals surface area contributed by atoms with E-state index in [1.807, 2.05) is 49.2 Å². The molecule has 2 aromatic carbocycles. The number of phenolic OH excluding ortho intramolecular Hbond substituents is 1. The molecule has 1 saturated heterocycles. The zero-order valence-electron chi connectivity index (χ0n) is 22.0. The van der Waals surface area contributed by atoms with E-state index in [1.165, 1.54) is 25.3 Å². The summed E-state index contributed by atoms with van der Waals surface area (Å²) in [5, 5.41) is 18.2. The van der Waals surface area contributed by atoms with Gasteiger partial charge in [-0.1, -0.05) is 68.4 Å². The second kappa shape index (κ2) is 13.7. The third kappa shape index (κ3) is 7.60. The van der Waals surface area contributed by atoms with Gasteiger partial charge in [-0.05, 0) is 68.2 Å². The van der Waals surface area contributed by atoms with Gasteiger partial charge in [0.25, 0.3) is 5.91 Å². The van der Waals surface area contributed by atoms with Crippen LogP contribution in [0.1, 0.15) is 80.2 Å². The fraction of sp³-hybridized carbons (Fsp3) is 0.379. The van der Waals surface area contributed by atoms with Gasteiger partial charge in [-0.15, -0.1) is 0 Å². The van der Waals surface area contributed by atoms with Crippen LogP contribution < -0.4 is 5.43 Å². The van der Waals surface area contributed by atoms with E-state index < -0.39 is 0 Å². The van der Waals surface area contributed by atoms with Crippen molar-refractivity contribution < 1.29 is 9.90 Å². The molecule has 0 saturated carbocycles. The second-order valence-corrected chi connectivity index (χ2v) is 10.1. The quantitative estimate of drug-likeness (QED) is 0.334. The summed E-state index contributed by atoms with van der Waals surface area (Å²) >= 11 is 12.1. The summed E-state index contributed by atoms with van der Waals surface area (Å²) in [7, 11) is 0. The number of benzene rings is 2. The van der Waals surface area contributed by atoms with Gasteiger partial charge in [-0.25, -0.2) is 9.69 Å². The summed E-state index contributed by atoms with van der Waals surface area (Å²) in [5.41, 5.74) is 7.04. The highest BCUT2D eigenvalue weighted by molar-refractivity contribution is 6.31. The lowest BCUT2D eigenvalue weighted by Crippen LogP contribution is -2.45. The molecule has 0 radical (unpaired) electrons. The molecule has 2 heterocycles. The number of phenols is 1. The highest BCUT2D eigenvalue weighted by Gasteiger charge is 2.25. The molecule has 0 unspecified atom stereocenters. The lowest BCUT2D eigenvalue weighted by molar-refractivity contribution is 0.0743. The molecule has 2 N–H and O–H groups in total. The van der Waals surface area contributed by atoms with Crippen LogP contribution in [0.3, 0.4) is 0 Å². The van der Waals surface area contributed by atoms with Crippen molar-refractivity contribution in [2.24, 2.45) is 0 Å². The van der Waals surface area contributed by atoms with Crippen molar-refractivity contribution in [3.8, 4) is 11.4 Å². The van der Waals surface area contributed by atoms with Crippen LogP contribution in [0.2, 0.25) is 10.0 Å². The number of aromatic nitrogens is 2. The van der Waals surface area contributed by atoms with Crippen LogP contribution in [0.15, 0.2) is 42.5 Å². The fourth-order valence-electron chi connectivity index (χ4n) is 4.10. The van der Waals surface area contributed by atoms with Crippen LogP contribution in [-0.2, 0) is 0 Å². The number of carbonyl (C=O) groups excluding carboxylic acids is 1. The van der Waals surface area contributed by atoms with Crippen LogP contribution in [-0.4, -0.2) is 38.9 Å². The highest BCUT2D eigenvalue weighted by Crippen LogP contribution is 2.32. The van der Waals surface area contributed by atoms with Crippen molar-refractivity contribution in [2.75, 3.05) is 13.1 Å². The van der Waals surface area contributed by atoms with Crippen LogP contribution in [0.5, 0.6) is 5.75 Å². The molecule has 8 heteroatoms. The van der Waals surface area contributed by atoms with Crippen LogP contribution >= 0.6 is 23.2 Å². The first-order valence-corrected chi connectivity index (χ1v) is 13.6. The number of allylic oxidation sites excluding steroid dienone is 1. The summed E-state index contributed by atoms with van der Waals surface area (Å²) in [6.45, 7) is 9.84. The smallest absolute Gasteiger partial charge is 0.286 e. The summed E-state index contributed by atoms with van der Waals surface area (Å²) in [5.74, 6) is -0.282. The number of halogens is 2. The van der Waals surface area contributed by atoms with Gasteiger partial charge >= 0.3 is 0 Å². The van der Waals surface area contributed by atoms with Crippen molar-refractivity contribution in [3.05, 3.63) is 75.0 Å². The molecule has 0 aliphatic carbocycles. The molecule has 0 spiro atoms. The van der Waals surface area contributed by atoms with Gasteiger partial charge in [-0.2, -0.15) is 5.10 Å². The average Bonchev–Trinajstić information content (AvgIpc) is 3.23. The molecule has 198 valence electrons. The van der Waals surface area contributed by atoms with Crippen LogP contribution in [0.25, 0.3) is 17.3 Å². The van der Waals surface area contributed by atoms with Crippen molar-refractivity contribution >= 4 is 40.8 Å². The maximum Gasteiger partial charge on any atom is 0.286 e. The Hall–Kier alpha value is -2.80. The van der Waals surface area contributed by atoms with Crippen molar-refractivity contribution in [1.29, 1.82) is 0 Å². The van der Waals surface area contributed by atoms with E-state index >= 15 is 0 Å². The Kier molecular flexibility index (Phi) is 10.6. The molecular formula is C29H36Cl2N4O2. The summed E-state index contributed by atoms with van der Waals surface area (Å²) in [6.07, 6.45) is 7.92. The minimum atomic E-state index is -0.262. The van der Waals surface area contributed by atoms with Gasteiger partial charge in [0.1, 0.15) is 11.4 Å². The monoisotopic (exact) mass is 542 g/mol. The Bertz CT molecular complexity index is 1230. The van der Waals surface area contributed by atoms with Gasteiger partial charge in [0.2, 0.25) is 0 Å². The molecule has 1 aromatic heterocycles. The largest absolute Gasteiger partial charge is 0.506 e. The van der Waals surface area contributed by atoms with Crippen molar-refractivity contribution in [2.45, 2.75) is 59.8 Å². The second-order valence-electron chi connectivity index (χ2n) is 9.23. The summed E-state index contributed by atoms with van der Waals surface area (Å²) in [4.78, 5) is 13.1. The summed E-state index contributed by atoms with van der Waals surface area (Å²) < 4.78 is 1.61. The topological polar surface area (TPSA) is 70.4 Å². The molecule has 3 aromatic rings. The Balaban J connectivity index is 0.000000886. The van der Waals surface area contributed by atoms with E-state index in [0.717, 1.165) is 48.3 Å². The number of nitrogens with one attached hydrogen (secondary N) is 1. The van der Waals surface area contributed by atoms with Crippen molar-refractivity contribution in [3.63, 3.8) is 0 Å². The number of unbranched alkanes of at least 4 members (excludes halogenated alkanes) is 1. The Labute approximate surface area is 229 Å². The number of amides is 1. The van der Waals surface area contributed by atoms with E-state index in [9.17, 15) is 9.90 Å². The lowest BCUT2D eigenvalue weighted by Gasteiger charge is -2.26. The molecule has 0 bridgehead atoms. The van der Waals surface area contributed by atoms with Gasteiger partial charge in [0.05, 0.1) is 5.69 Å². The molecule has 0 atom stereocenters. The number of rotatable bonds is 6. The normalized spacial score (nSPS) is 14.2. The molecule has 1 aliphatic rings. The predicted octanol–water partition coefficient (Wildman–Crippen LogP) is 7.69. The van der Waals surface area contributed by atoms with Crippen LogP contribution in [0.4, 0.5) is 0 Å². The van der Waals surface area contributed by atoms with E-state index in [4.69, 9.17) is 23.2 Å². The predicted molar refractivity (Wildman–Crippen MR) is 153 cm³/mol. The number of aromatic hydroxyl groups is 1. The Morgan fingerprint density at radius 3 is 2.24 bits per heavy atom. The maximum absolute atomic E-state index is 13.1. The number of hydrogen-bond donors (Lipinski definition) is 2. The minimum Gasteiger partial charge on any atom is -0.506 e. The number of carbonyl (C=O) groups is 1. The zero-order valence-corrected chi connectivity index (χ0v) is 23.5. The Morgan fingerprint density at radius 2 is 1.65 bits per heavy atom. The first kappa shape index (κ1) is 28.8. The molecular weight excluding hydrogens is 507 g/mol. The number of hydrogen-bond acceptors (Lipinski definition) is 4. The van der Waals surface area contributed by atoms with E-state index in [-0.39, 0.29) is 11.7 Å². The molecule has 37 heavy (non-hydrogen) atoms. The SMILES string of the molecule is C/C(=C\c1ccc(Cl)cc1)c1c(C)c(C(=O)NN2CCCCC2)nn1-c1ccc(Cl)cc1O.CCCC. The van der Waals surface area contributed by atoms with Gasteiger partial charge < -0.3 is 5.11 Å².